The van der Waals surface area contributed by atoms with Crippen molar-refractivity contribution in [3.63, 3.8) is 0 Å². The zero-order chi connectivity index (χ0) is 58.4. The second-order valence-electron chi connectivity index (χ2n) is 22.3. The van der Waals surface area contributed by atoms with E-state index in [9.17, 15) is 10.2 Å². The number of rotatable bonds is 8. The summed E-state index contributed by atoms with van der Waals surface area (Å²) in [4.78, 5) is 30.2. The van der Waals surface area contributed by atoms with Gasteiger partial charge in [-0.2, -0.15) is 0 Å². The molecular weight excluding hydrogens is 1080 g/mol. The van der Waals surface area contributed by atoms with Crippen molar-refractivity contribution in [3.8, 4) is 56.5 Å². The van der Waals surface area contributed by atoms with Crippen LogP contribution in [0, 0.1) is 0 Å². The van der Waals surface area contributed by atoms with E-state index in [2.05, 4.69) is 251 Å². The number of phenols is 2. The minimum absolute atomic E-state index is 0.219. The van der Waals surface area contributed by atoms with Gasteiger partial charge in [0.1, 0.15) is 11.5 Å². The predicted molar refractivity (Wildman–Crippen MR) is 360 cm³/mol. The van der Waals surface area contributed by atoms with Crippen LogP contribution in [-0.4, -0.2) is 30.1 Å². The zero-order valence-corrected chi connectivity index (χ0v) is 47.2. The van der Waals surface area contributed by atoms with Gasteiger partial charge < -0.3 is 29.8 Å². The number of fused-ring (bicyclic) bond motifs is 12. The van der Waals surface area contributed by atoms with Crippen LogP contribution in [0.4, 0.5) is 45.5 Å². The lowest BCUT2D eigenvalue weighted by Gasteiger charge is -2.34. The first kappa shape index (κ1) is 50.4. The molecule has 0 unspecified atom stereocenters. The lowest BCUT2D eigenvalue weighted by Crippen LogP contribution is -2.31. The Bertz CT molecular complexity index is 5180. The summed E-state index contributed by atoms with van der Waals surface area (Å²) < 4.78 is 0. The van der Waals surface area contributed by atoms with Crippen molar-refractivity contribution in [2.24, 2.45) is 0 Å². The third-order valence-electron chi connectivity index (χ3n) is 17.0. The van der Waals surface area contributed by atoms with Crippen molar-refractivity contribution in [2.45, 2.75) is 0 Å². The van der Waals surface area contributed by atoms with Crippen LogP contribution in [0.15, 0.2) is 267 Å². The Hall–Kier alpha value is -12.1. The first-order valence-corrected chi connectivity index (χ1v) is 29.3. The molecule has 0 bridgehead atoms. The van der Waals surface area contributed by atoms with Gasteiger partial charge in [-0.25, -0.2) is 19.9 Å². The predicted octanol–water partition coefficient (Wildman–Crippen LogP) is 15.7. The van der Waals surface area contributed by atoms with Crippen molar-refractivity contribution in [3.05, 3.63) is 288 Å². The van der Waals surface area contributed by atoms with Crippen molar-refractivity contribution in [2.75, 3.05) is 19.6 Å². The molecule has 0 atom stereocenters. The summed E-state index contributed by atoms with van der Waals surface area (Å²) in [6, 6.07) is 74.3. The fourth-order valence-electron chi connectivity index (χ4n) is 12.7. The van der Waals surface area contributed by atoms with Crippen LogP contribution < -0.4 is 40.5 Å². The highest BCUT2D eigenvalue weighted by molar-refractivity contribution is 6.06. The van der Waals surface area contributed by atoms with Crippen molar-refractivity contribution in [1.29, 1.82) is 0 Å². The fraction of sp³-hybridized carbons (Fsp3) is 0. The Morgan fingerprint density at radius 3 is 0.841 bits per heavy atom. The largest absolute Gasteiger partial charge is 0.508 e. The van der Waals surface area contributed by atoms with Crippen molar-refractivity contribution in [1.82, 2.24) is 19.9 Å². The van der Waals surface area contributed by atoms with Gasteiger partial charge in [0.05, 0.1) is 67.6 Å². The highest BCUT2D eigenvalue weighted by atomic mass is 16.3. The molecule has 10 heteroatoms. The maximum atomic E-state index is 9.97. The number of allylic oxidation sites excluding steroid dienone is 4. The Morgan fingerprint density at radius 1 is 0.250 bits per heavy atom. The first-order chi connectivity index (χ1) is 43.4. The Balaban J connectivity index is 0.708. The minimum Gasteiger partial charge on any atom is -0.508 e. The zero-order valence-electron chi connectivity index (χ0n) is 47.2. The van der Waals surface area contributed by atoms with E-state index in [-0.39, 0.29) is 11.5 Å². The molecule has 4 aliphatic heterocycles. The normalized spacial score (nSPS) is 13.6. The molecule has 0 amide bonds. The number of aromatic nitrogens is 4. The van der Waals surface area contributed by atoms with Crippen LogP contribution in [0.25, 0.3) is 113 Å². The number of benzene rings is 9. The van der Waals surface area contributed by atoms with Gasteiger partial charge in [-0.3, -0.25) is 0 Å². The number of hydrogen-bond acceptors (Lipinski definition) is 10. The molecular formula is C78H50N8O2. The second kappa shape index (κ2) is 20.3. The molecule has 0 saturated carbocycles. The van der Waals surface area contributed by atoms with Gasteiger partial charge in [0.2, 0.25) is 0 Å². The van der Waals surface area contributed by atoms with Gasteiger partial charge >= 0.3 is 0 Å². The molecule has 414 valence electrons. The smallest absolute Gasteiger partial charge is 0.115 e. The van der Waals surface area contributed by atoms with Crippen LogP contribution in [0.2, 0.25) is 0 Å². The third kappa shape index (κ3) is 8.57. The number of anilines is 8. The number of hydrogen-bond donors (Lipinski definition) is 2. The van der Waals surface area contributed by atoms with E-state index in [1.165, 1.54) is 0 Å². The summed E-state index contributed by atoms with van der Waals surface area (Å²) in [6.45, 7) is 0. The third-order valence-corrected chi connectivity index (χ3v) is 17.0. The SMILES string of the molecule is Oc1ccc(-c2ccc3ccc4ccc(-c5cccc(N6C=CC=c7ccc8c(c76)N(c6cccc(N7C=CC=c9ccc%10c(c97)N(c7cccc(-c9ccc%11ccc%12ccc(-c%13ccc(O)cc%13)nc%12c%11n9)c7)C=CC=%10)c6)C=CC=8)c5)nc4c3n2)cc1. The molecule has 0 fully saturated rings. The molecule has 17 rings (SSSR count). The molecule has 10 nitrogen and oxygen atoms in total. The van der Waals surface area contributed by atoms with Gasteiger partial charge in [0.15, 0.2) is 0 Å². The van der Waals surface area contributed by atoms with Gasteiger partial charge in [-0.15, -0.1) is 0 Å². The van der Waals surface area contributed by atoms with Gasteiger partial charge in [-0.05, 0) is 140 Å². The van der Waals surface area contributed by atoms with Crippen LogP contribution in [0.5, 0.6) is 11.5 Å². The molecule has 88 heavy (non-hydrogen) atoms. The quantitative estimate of drug-likeness (QED) is 0.143. The van der Waals surface area contributed by atoms with E-state index < -0.39 is 0 Å². The summed E-state index contributed by atoms with van der Waals surface area (Å²) >= 11 is 0. The highest BCUT2D eigenvalue weighted by Crippen LogP contribution is 2.43. The summed E-state index contributed by atoms with van der Waals surface area (Å²) in [6.07, 6.45) is 25.9. The molecule has 4 aromatic heterocycles. The lowest BCUT2D eigenvalue weighted by atomic mass is 10.0. The van der Waals surface area contributed by atoms with E-state index in [1.807, 2.05) is 36.4 Å². The number of phenolic OH excluding ortho intramolecular Hbond substituents is 2. The molecule has 8 heterocycles. The topological polar surface area (TPSA) is 105 Å². The number of aromatic hydroxyl groups is 2. The average molecular weight is 1130 g/mol. The molecule has 0 aliphatic carbocycles. The molecule has 4 aliphatic rings. The Morgan fingerprint density at radius 2 is 0.523 bits per heavy atom. The maximum Gasteiger partial charge on any atom is 0.115 e. The molecule has 2 N–H and O–H groups in total. The number of pyridine rings is 4. The monoisotopic (exact) mass is 1130 g/mol. The summed E-state index contributed by atoms with van der Waals surface area (Å²) in [5.74, 6) is 0.438. The van der Waals surface area contributed by atoms with Crippen LogP contribution >= 0.6 is 0 Å². The Kier molecular flexibility index (Phi) is 11.6. The number of nitrogens with zero attached hydrogens (tertiary/aromatic N) is 8. The summed E-state index contributed by atoms with van der Waals surface area (Å²) in [5.41, 5.74) is 18.8. The van der Waals surface area contributed by atoms with E-state index >= 15 is 0 Å². The van der Waals surface area contributed by atoms with Gasteiger partial charge in [0, 0.05) is 112 Å². The van der Waals surface area contributed by atoms with Gasteiger partial charge in [0.25, 0.3) is 0 Å². The fourth-order valence-corrected chi connectivity index (χ4v) is 12.7. The van der Waals surface area contributed by atoms with Crippen LogP contribution in [0.1, 0.15) is 0 Å². The van der Waals surface area contributed by atoms with Crippen LogP contribution in [0.3, 0.4) is 0 Å². The standard InChI is InChI=1S/C78H50N8O2/c87-65-34-26-49(27-35-65)67-38-30-51-18-20-53-32-40-69(81-73(53)71(51)79-67)59-8-1-14-61(46-59)83-42-4-10-55-22-24-57-12-6-44-85(77(57)75(55)83)63-16-3-17-64(48-63)86-45-7-13-58-25-23-56-11-5-43-84(76(56)78(58)86)62-15-2-9-60(47-62)70-41-33-54-21-19-52-31-39-68(80-72(52)74(54)82-70)50-28-36-66(88)37-29-50/h1-48,87-88H. The van der Waals surface area contributed by atoms with Crippen molar-refractivity contribution >= 4 is 113 Å². The minimum atomic E-state index is 0.219. The lowest BCUT2D eigenvalue weighted by molar-refractivity contribution is 0.475. The van der Waals surface area contributed by atoms with E-state index in [1.54, 1.807) is 24.3 Å². The first-order valence-electron chi connectivity index (χ1n) is 29.3. The molecule has 13 aromatic rings. The summed E-state index contributed by atoms with van der Waals surface area (Å²) in [5, 5.41) is 28.4. The van der Waals surface area contributed by atoms with E-state index in [0.29, 0.717) is 0 Å². The summed E-state index contributed by atoms with van der Waals surface area (Å²) in [7, 11) is 0. The van der Waals surface area contributed by atoms with Crippen molar-refractivity contribution < 1.29 is 10.2 Å². The van der Waals surface area contributed by atoms with E-state index in [4.69, 9.17) is 19.9 Å². The Labute approximate surface area is 505 Å². The second-order valence-corrected chi connectivity index (χ2v) is 22.3. The van der Waals surface area contributed by atoms with Gasteiger partial charge in [-0.1, -0.05) is 127 Å². The molecule has 0 radical (unpaired) electrons. The average Bonchev–Trinajstić information content (AvgIpc) is 1.15. The maximum absolute atomic E-state index is 9.97. The molecule has 9 aromatic carbocycles. The molecule has 0 spiro atoms. The molecule has 0 saturated heterocycles. The van der Waals surface area contributed by atoms with E-state index in [0.717, 1.165) is 155 Å². The highest BCUT2D eigenvalue weighted by Gasteiger charge is 2.26. The van der Waals surface area contributed by atoms with Crippen LogP contribution in [-0.2, 0) is 0 Å².